The summed E-state index contributed by atoms with van der Waals surface area (Å²) in [5, 5.41) is 0. The van der Waals surface area contributed by atoms with E-state index in [0.717, 1.165) is 35.5 Å². The molecular weight excluding hydrogens is 226 g/mol. The van der Waals surface area contributed by atoms with Crippen LogP contribution < -0.4 is 5.73 Å². The van der Waals surface area contributed by atoms with Crippen molar-refractivity contribution in [2.45, 2.75) is 52.7 Å². The Hall–Kier alpha value is -0.800. The molecule has 1 aliphatic carbocycles. The van der Waals surface area contributed by atoms with Crippen LogP contribution in [0.2, 0.25) is 0 Å². The van der Waals surface area contributed by atoms with Crippen molar-refractivity contribution in [3.8, 4) is 0 Å². The van der Waals surface area contributed by atoms with Crippen LogP contribution >= 0.6 is 0 Å². The maximum atomic E-state index is 5.79. The van der Waals surface area contributed by atoms with Crippen LogP contribution in [0.25, 0.3) is 0 Å². The van der Waals surface area contributed by atoms with Crippen molar-refractivity contribution in [2.75, 3.05) is 6.61 Å². The first-order valence-corrected chi connectivity index (χ1v) is 7.05. The molecule has 3 nitrogen and oxygen atoms in total. The van der Waals surface area contributed by atoms with Crippen LogP contribution in [0.3, 0.4) is 0 Å². The Labute approximate surface area is 110 Å². The first-order valence-electron chi connectivity index (χ1n) is 7.05. The summed E-state index contributed by atoms with van der Waals surface area (Å²) in [5.41, 5.74) is 6.71. The summed E-state index contributed by atoms with van der Waals surface area (Å²) < 4.78 is 11.4. The normalized spacial score (nSPS) is 24.4. The molecule has 2 atom stereocenters. The smallest absolute Gasteiger partial charge is 0.130 e. The largest absolute Gasteiger partial charge is 0.464 e. The van der Waals surface area contributed by atoms with Crippen LogP contribution in [0.15, 0.2) is 10.5 Å². The van der Waals surface area contributed by atoms with Crippen LogP contribution in [0.4, 0.5) is 0 Å². The Kier molecular flexibility index (Phi) is 4.84. The van der Waals surface area contributed by atoms with Gasteiger partial charge in [-0.25, -0.2) is 0 Å². The van der Waals surface area contributed by atoms with E-state index in [1.807, 2.05) is 13.0 Å². The summed E-state index contributed by atoms with van der Waals surface area (Å²) in [4.78, 5) is 0. The maximum Gasteiger partial charge on any atom is 0.130 e. The molecule has 3 heteroatoms. The molecular formula is C15H25NO2. The number of ether oxygens (including phenoxy) is 1. The van der Waals surface area contributed by atoms with E-state index in [9.17, 15) is 0 Å². The lowest BCUT2D eigenvalue weighted by molar-refractivity contribution is 0.0562. The molecule has 1 fully saturated rings. The number of hydrogen-bond acceptors (Lipinski definition) is 3. The van der Waals surface area contributed by atoms with Gasteiger partial charge in [-0.15, -0.1) is 0 Å². The molecule has 1 heterocycles. The van der Waals surface area contributed by atoms with Gasteiger partial charge in [0.15, 0.2) is 0 Å². The van der Waals surface area contributed by atoms with Gasteiger partial charge in [0.05, 0.1) is 6.61 Å². The maximum absolute atomic E-state index is 5.79. The average molecular weight is 251 g/mol. The van der Waals surface area contributed by atoms with Crippen LogP contribution in [0.1, 0.15) is 49.7 Å². The van der Waals surface area contributed by atoms with E-state index in [4.69, 9.17) is 14.9 Å². The van der Waals surface area contributed by atoms with Crippen LogP contribution in [-0.2, 0) is 17.9 Å². The highest BCUT2D eigenvalue weighted by Crippen LogP contribution is 2.28. The fraction of sp³-hybridized carbons (Fsp3) is 0.733. The predicted molar refractivity (Wildman–Crippen MR) is 72.1 cm³/mol. The lowest BCUT2D eigenvalue weighted by atomic mass is 9.83. The van der Waals surface area contributed by atoms with Gasteiger partial charge < -0.3 is 14.9 Å². The molecule has 0 spiro atoms. The minimum atomic E-state index is 0.537. The molecule has 1 aromatic heterocycles. The van der Waals surface area contributed by atoms with Crippen LogP contribution in [0.5, 0.6) is 0 Å². The van der Waals surface area contributed by atoms with E-state index in [0.29, 0.717) is 13.2 Å². The molecule has 2 unspecified atom stereocenters. The van der Waals surface area contributed by atoms with Crippen molar-refractivity contribution in [1.29, 1.82) is 0 Å². The van der Waals surface area contributed by atoms with Crippen molar-refractivity contribution >= 4 is 0 Å². The zero-order valence-electron chi connectivity index (χ0n) is 11.6. The quantitative estimate of drug-likeness (QED) is 0.872. The second-order valence-corrected chi connectivity index (χ2v) is 5.65. The molecule has 0 radical (unpaired) electrons. The third-order valence-corrected chi connectivity index (χ3v) is 3.93. The molecule has 0 aromatic carbocycles. The zero-order valence-corrected chi connectivity index (χ0v) is 11.6. The minimum Gasteiger partial charge on any atom is -0.464 e. The Bertz CT molecular complexity index is 373. The summed E-state index contributed by atoms with van der Waals surface area (Å²) in [6, 6.07) is 2.01. The minimum absolute atomic E-state index is 0.537. The molecule has 102 valence electrons. The number of hydrogen-bond donors (Lipinski definition) is 1. The van der Waals surface area contributed by atoms with Crippen LogP contribution in [-0.4, -0.2) is 6.61 Å². The molecule has 1 aromatic rings. The lowest BCUT2D eigenvalue weighted by Crippen LogP contribution is -2.18. The van der Waals surface area contributed by atoms with Crippen molar-refractivity contribution in [3.05, 3.63) is 23.2 Å². The SMILES string of the molecule is Cc1oc(COCC2CCCC(C)C2)cc1CN. The highest BCUT2D eigenvalue weighted by Gasteiger charge is 2.19. The Morgan fingerprint density at radius 1 is 1.44 bits per heavy atom. The third kappa shape index (κ3) is 3.59. The average Bonchev–Trinajstić information content (AvgIpc) is 2.70. The van der Waals surface area contributed by atoms with Gasteiger partial charge in [-0.3, -0.25) is 0 Å². The van der Waals surface area contributed by atoms with E-state index < -0.39 is 0 Å². The van der Waals surface area contributed by atoms with Gasteiger partial charge >= 0.3 is 0 Å². The number of rotatable bonds is 5. The van der Waals surface area contributed by atoms with Gasteiger partial charge in [0.2, 0.25) is 0 Å². The van der Waals surface area contributed by atoms with Crippen molar-refractivity contribution in [2.24, 2.45) is 17.6 Å². The summed E-state index contributed by atoms with van der Waals surface area (Å²) in [5.74, 6) is 3.42. The fourth-order valence-corrected chi connectivity index (χ4v) is 2.90. The molecule has 0 aliphatic heterocycles. The molecule has 0 saturated heterocycles. The Morgan fingerprint density at radius 3 is 2.94 bits per heavy atom. The van der Waals surface area contributed by atoms with Crippen molar-refractivity contribution in [1.82, 2.24) is 0 Å². The fourth-order valence-electron chi connectivity index (χ4n) is 2.90. The van der Waals surface area contributed by atoms with E-state index in [1.165, 1.54) is 25.7 Å². The monoisotopic (exact) mass is 251 g/mol. The van der Waals surface area contributed by atoms with Gasteiger partial charge in [0, 0.05) is 12.1 Å². The predicted octanol–water partition coefficient (Wildman–Crippen LogP) is 3.39. The van der Waals surface area contributed by atoms with E-state index in [2.05, 4.69) is 6.92 Å². The van der Waals surface area contributed by atoms with Gasteiger partial charge in [-0.1, -0.05) is 19.8 Å². The molecule has 0 bridgehead atoms. The summed E-state index contributed by atoms with van der Waals surface area (Å²) >= 11 is 0. The van der Waals surface area contributed by atoms with Gasteiger partial charge in [0.1, 0.15) is 18.1 Å². The number of aryl methyl sites for hydroxylation is 1. The second kappa shape index (κ2) is 6.39. The molecule has 1 aliphatic rings. The summed E-state index contributed by atoms with van der Waals surface area (Å²) in [7, 11) is 0. The summed E-state index contributed by atoms with van der Waals surface area (Å²) in [6.07, 6.45) is 5.36. The third-order valence-electron chi connectivity index (χ3n) is 3.93. The highest BCUT2D eigenvalue weighted by atomic mass is 16.5. The Morgan fingerprint density at radius 2 is 2.28 bits per heavy atom. The van der Waals surface area contributed by atoms with Crippen LogP contribution in [0, 0.1) is 18.8 Å². The van der Waals surface area contributed by atoms with E-state index in [1.54, 1.807) is 0 Å². The number of nitrogens with two attached hydrogens (primary N) is 1. The van der Waals surface area contributed by atoms with E-state index >= 15 is 0 Å². The van der Waals surface area contributed by atoms with Gasteiger partial charge in [-0.05, 0) is 37.7 Å². The lowest BCUT2D eigenvalue weighted by Gasteiger charge is -2.26. The van der Waals surface area contributed by atoms with Crippen molar-refractivity contribution in [3.63, 3.8) is 0 Å². The standard InChI is InChI=1S/C15H25NO2/c1-11-4-3-5-13(6-11)9-17-10-15-7-14(8-16)12(2)18-15/h7,11,13H,3-6,8-10,16H2,1-2H3. The molecule has 2 rings (SSSR count). The van der Waals surface area contributed by atoms with E-state index in [-0.39, 0.29) is 0 Å². The second-order valence-electron chi connectivity index (χ2n) is 5.65. The van der Waals surface area contributed by atoms with Crippen molar-refractivity contribution < 1.29 is 9.15 Å². The molecule has 18 heavy (non-hydrogen) atoms. The molecule has 2 N–H and O–H groups in total. The first-order chi connectivity index (χ1) is 8.69. The Balaban J connectivity index is 1.74. The zero-order chi connectivity index (χ0) is 13.0. The first kappa shape index (κ1) is 13.6. The molecule has 1 saturated carbocycles. The number of furan rings is 1. The van der Waals surface area contributed by atoms with Gasteiger partial charge in [0.25, 0.3) is 0 Å². The highest BCUT2D eigenvalue weighted by molar-refractivity contribution is 5.19. The molecule has 0 amide bonds. The summed E-state index contributed by atoms with van der Waals surface area (Å²) in [6.45, 7) is 6.27. The van der Waals surface area contributed by atoms with Gasteiger partial charge in [-0.2, -0.15) is 0 Å². The topological polar surface area (TPSA) is 48.4 Å².